The first-order valence-corrected chi connectivity index (χ1v) is 15.9. The van der Waals surface area contributed by atoms with Gasteiger partial charge < -0.3 is 15.2 Å². The number of carbonyl (C=O) groups is 1. The molecule has 0 saturated carbocycles. The maximum Gasteiger partial charge on any atom is 0.305 e. The predicted molar refractivity (Wildman–Crippen MR) is 164 cm³/mol. The minimum Gasteiger partial charge on any atom is -0.497 e. The van der Waals surface area contributed by atoms with Gasteiger partial charge in [0, 0.05) is 17.5 Å². The van der Waals surface area contributed by atoms with E-state index in [9.17, 15) is 13.2 Å². The van der Waals surface area contributed by atoms with E-state index in [-0.39, 0.29) is 35.2 Å². The van der Waals surface area contributed by atoms with E-state index in [0.717, 1.165) is 10.3 Å². The van der Waals surface area contributed by atoms with Gasteiger partial charge in [-0.05, 0) is 71.5 Å². The van der Waals surface area contributed by atoms with E-state index >= 15 is 0 Å². The number of benzene rings is 3. The summed E-state index contributed by atoms with van der Waals surface area (Å²) in [5.41, 5.74) is 9.51. The van der Waals surface area contributed by atoms with Crippen molar-refractivity contribution in [1.82, 2.24) is 25.2 Å². The van der Waals surface area contributed by atoms with E-state index in [1.54, 1.807) is 20.1 Å². The minimum absolute atomic E-state index is 0.0767. The van der Waals surface area contributed by atoms with Gasteiger partial charge in [-0.2, -0.15) is 0 Å². The molecule has 5 rings (SSSR count). The standard InChI is InChI=1S/C29H31N7O5S2/c1-3-41-24(37)10-5-4-7-19-13-16-21(22-8-6-9-23-26(22)32-29(30)42-23)25(27(19)43(31,38)39)28-33-34-35-36(28)17-18-11-14-20(40-2)15-12-18/h6,8-9,11-16H,3-5,7,10,17H2,1-2H3,(H2,30,32)(H2,31,38,39). The summed E-state index contributed by atoms with van der Waals surface area (Å²) in [4.78, 5) is 16.3. The van der Waals surface area contributed by atoms with Crippen molar-refractivity contribution in [2.45, 2.75) is 44.0 Å². The third kappa shape index (κ3) is 6.66. The lowest BCUT2D eigenvalue weighted by atomic mass is 9.94. The fourth-order valence-electron chi connectivity index (χ4n) is 4.99. The Labute approximate surface area is 252 Å². The number of tetrazole rings is 1. The number of hydrogen-bond donors (Lipinski definition) is 2. The summed E-state index contributed by atoms with van der Waals surface area (Å²) in [5, 5.41) is 18.7. The number of sulfonamides is 1. The monoisotopic (exact) mass is 621 g/mol. The second kappa shape index (κ2) is 12.9. The van der Waals surface area contributed by atoms with Crippen LogP contribution in [0, 0.1) is 0 Å². The summed E-state index contributed by atoms with van der Waals surface area (Å²) >= 11 is 1.33. The van der Waals surface area contributed by atoms with Crippen LogP contribution < -0.4 is 15.6 Å². The van der Waals surface area contributed by atoms with Crippen LogP contribution >= 0.6 is 11.3 Å². The van der Waals surface area contributed by atoms with E-state index in [4.69, 9.17) is 20.3 Å². The minimum atomic E-state index is -4.29. The number of fused-ring (bicyclic) bond motifs is 1. The van der Waals surface area contributed by atoms with Gasteiger partial charge in [-0.15, -0.1) is 5.10 Å². The second-order valence-corrected chi connectivity index (χ2v) is 12.3. The zero-order valence-electron chi connectivity index (χ0n) is 23.7. The largest absolute Gasteiger partial charge is 0.497 e. The Kier molecular flexibility index (Phi) is 8.99. The van der Waals surface area contributed by atoms with Crippen LogP contribution in [0.5, 0.6) is 5.75 Å². The van der Waals surface area contributed by atoms with Gasteiger partial charge in [0.1, 0.15) is 5.75 Å². The lowest BCUT2D eigenvalue weighted by Crippen LogP contribution is -2.18. The first-order valence-electron chi connectivity index (χ1n) is 13.6. The van der Waals surface area contributed by atoms with Gasteiger partial charge in [0.2, 0.25) is 10.0 Å². The highest BCUT2D eigenvalue weighted by Gasteiger charge is 2.28. The number of unbranched alkanes of at least 4 members (excludes halogenated alkanes) is 1. The zero-order chi connectivity index (χ0) is 30.6. The number of hydrogen-bond acceptors (Lipinski definition) is 11. The number of primary sulfonamides is 1. The molecule has 3 aromatic carbocycles. The van der Waals surface area contributed by atoms with E-state index in [1.165, 1.54) is 16.0 Å². The number of nitrogens with zero attached hydrogens (tertiary/aromatic N) is 5. The highest BCUT2D eigenvalue weighted by molar-refractivity contribution is 7.89. The van der Waals surface area contributed by atoms with Crippen molar-refractivity contribution in [1.29, 1.82) is 0 Å². The number of thiazole rings is 1. The molecule has 0 aliphatic carbocycles. The molecule has 0 bridgehead atoms. The Morgan fingerprint density at radius 1 is 1.05 bits per heavy atom. The quantitative estimate of drug-likeness (QED) is 0.152. The van der Waals surface area contributed by atoms with Crippen LogP contribution in [0.4, 0.5) is 5.13 Å². The Bertz CT molecular complexity index is 1870. The summed E-state index contributed by atoms with van der Waals surface area (Å²) in [7, 11) is -2.70. The van der Waals surface area contributed by atoms with Crippen LogP contribution in [-0.2, 0) is 32.5 Å². The van der Waals surface area contributed by atoms with Crippen molar-refractivity contribution in [3.63, 3.8) is 0 Å². The lowest BCUT2D eigenvalue weighted by molar-refractivity contribution is -0.143. The van der Waals surface area contributed by atoms with Crippen LogP contribution in [0.15, 0.2) is 59.5 Å². The van der Waals surface area contributed by atoms with Crippen LogP contribution in [0.1, 0.15) is 37.3 Å². The molecule has 0 saturated heterocycles. The number of esters is 1. The Morgan fingerprint density at radius 2 is 1.84 bits per heavy atom. The average Bonchev–Trinajstić information content (AvgIpc) is 3.60. The normalized spacial score (nSPS) is 11.6. The first-order chi connectivity index (χ1) is 20.7. The number of nitrogen functional groups attached to an aromatic ring is 1. The molecule has 2 aromatic heterocycles. The van der Waals surface area contributed by atoms with Gasteiger partial charge in [-0.25, -0.2) is 23.2 Å². The maximum absolute atomic E-state index is 13.4. The van der Waals surface area contributed by atoms with Crippen molar-refractivity contribution in [3.05, 3.63) is 65.7 Å². The SMILES string of the molecule is CCOC(=O)CCCCc1ccc(-c2cccc3sc(N)nc23)c(-c2nnnn2Cc2ccc(OC)cc2)c1S(N)(=O)=O. The molecule has 224 valence electrons. The van der Waals surface area contributed by atoms with Crippen molar-refractivity contribution < 1.29 is 22.7 Å². The number of para-hydroxylation sites is 1. The highest BCUT2D eigenvalue weighted by Crippen LogP contribution is 2.42. The van der Waals surface area contributed by atoms with Crippen LogP contribution in [-0.4, -0.2) is 53.3 Å². The number of ether oxygens (including phenoxy) is 2. The Morgan fingerprint density at radius 3 is 2.56 bits per heavy atom. The molecular weight excluding hydrogens is 590 g/mol. The number of rotatable bonds is 12. The second-order valence-electron chi connectivity index (χ2n) is 9.75. The van der Waals surface area contributed by atoms with Crippen molar-refractivity contribution >= 4 is 42.7 Å². The zero-order valence-corrected chi connectivity index (χ0v) is 25.3. The van der Waals surface area contributed by atoms with Crippen LogP contribution in [0.3, 0.4) is 0 Å². The first kappa shape index (κ1) is 30.1. The topological polar surface area (TPSA) is 178 Å². The predicted octanol–water partition coefficient (Wildman–Crippen LogP) is 4.18. The molecular formula is C29H31N7O5S2. The van der Waals surface area contributed by atoms with Crippen LogP contribution in [0.2, 0.25) is 0 Å². The summed E-state index contributed by atoms with van der Waals surface area (Å²) in [5.74, 6) is 0.632. The smallest absolute Gasteiger partial charge is 0.305 e. The summed E-state index contributed by atoms with van der Waals surface area (Å²) in [6, 6.07) is 16.6. The average molecular weight is 622 g/mol. The lowest BCUT2D eigenvalue weighted by Gasteiger charge is -2.18. The van der Waals surface area contributed by atoms with E-state index < -0.39 is 10.0 Å². The molecule has 12 nitrogen and oxygen atoms in total. The van der Waals surface area contributed by atoms with E-state index in [1.807, 2.05) is 48.5 Å². The number of carbonyl (C=O) groups excluding carboxylic acids is 1. The van der Waals surface area contributed by atoms with E-state index in [0.29, 0.717) is 59.0 Å². The third-order valence-corrected chi connectivity index (χ3v) is 8.76. The van der Waals surface area contributed by atoms with E-state index in [2.05, 4.69) is 20.5 Å². The molecule has 43 heavy (non-hydrogen) atoms. The fourth-order valence-corrected chi connectivity index (χ4v) is 6.77. The van der Waals surface area contributed by atoms with Gasteiger partial charge in [0.25, 0.3) is 0 Å². The van der Waals surface area contributed by atoms with Crippen molar-refractivity contribution in [2.24, 2.45) is 5.14 Å². The number of anilines is 1. The fraction of sp³-hybridized carbons (Fsp3) is 0.276. The van der Waals surface area contributed by atoms with Gasteiger partial charge >= 0.3 is 5.97 Å². The van der Waals surface area contributed by atoms with Gasteiger partial charge in [0.15, 0.2) is 11.0 Å². The maximum atomic E-state index is 13.4. The molecule has 0 amide bonds. The molecule has 0 spiro atoms. The highest BCUT2D eigenvalue weighted by atomic mass is 32.2. The summed E-state index contributed by atoms with van der Waals surface area (Å²) in [6.45, 7) is 2.32. The van der Waals surface area contributed by atoms with Gasteiger partial charge in [-0.3, -0.25) is 4.79 Å². The van der Waals surface area contributed by atoms with Gasteiger partial charge in [0.05, 0.1) is 35.4 Å². The van der Waals surface area contributed by atoms with Crippen molar-refractivity contribution in [2.75, 3.05) is 19.5 Å². The van der Waals surface area contributed by atoms with Gasteiger partial charge in [-0.1, -0.05) is 47.7 Å². The molecule has 0 unspecified atom stereocenters. The number of nitrogens with two attached hydrogens (primary N) is 2. The molecule has 4 N–H and O–H groups in total. The Balaban J connectivity index is 1.66. The number of methoxy groups -OCH3 is 1. The molecule has 5 aromatic rings. The third-order valence-electron chi connectivity index (χ3n) is 6.88. The molecule has 0 atom stereocenters. The molecule has 0 aliphatic heterocycles. The van der Waals surface area contributed by atoms with Crippen LogP contribution in [0.25, 0.3) is 32.7 Å². The summed E-state index contributed by atoms with van der Waals surface area (Å²) < 4.78 is 39.4. The van der Waals surface area contributed by atoms with Crippen molar-refractivity contribution in [3.8, 4) is 28.3 Å². The number of aryl methyl sites for hydroxylation is 1. The summed E-state index contributed by atoms with van der Waals surface area (Å²) in [6.07, 6.45) is 1.64. The molecule has 0 radical (unpaired) electrons. The molecule has 0 aliphatic rings. The number of aromatic nitrogens is 5. The Hall–Kier alpha value is -4.40. The molecule has 14 heteroatoms. The molecule has 2 heterocycles. The molecule has 0 fully saturated rings.